The van der Waals surface area contributed by atoms with Gasteiger partial charge < -0.3 is 15.2 Å². The fourth-order valence-electron chi connectivity index (χ4n) is 1.99. The summed E-state index contributed by atoms with van der Waals surface area (Å²) in [6.45, 7) is 4.10. The first kappa shape index (κ1) is 14.9. The topological polar surface area (TPSA) is 58.6 Å². The zero-order valence-electron chi connectivity index (χ0n) is 12.2. The highest BCUT2D eigenvalue weighted by molar-refractivity contribution is 5.81. The first-order valence-corrected chi connectivity index (χ1v) is 6.89. The average molecular weight is 285 g/mol. The largest absolute Gasteiger partial charge is 0.508 e. The van der Waals surface area contributed by atoms with E-state index in [-0.39, 0.29) is 11.7 Å². The molecule has 2 N–H and O–H groups in total. The molecular formula is C17H19NO3. The third-order valence-corrected chi connectivity index (χ3v) is 3.11. The molecule has 0 aromatic heterocycles. The van der Waals surface area contributed by atoms with E-state index < -0.39 is 6.04 Å². The van der Waals surface area contributed by atoms with Crippen molar-refractivity contribution in [2.24, 2.45) is 0 Å². The Morgan fingerprint density at radius 3 is 2.33 bits per heavy atom. The van der Waals surface area contributed by atoms with Gasteiger partial charge in [0, 0.05) is 5.69 Å². The van der Waals surface area contributed by atoms with Crippen molar-refractivity contribution in [1.29, 1.82) is 0 Å². The molecule has 0 saturated heterocycles. The summed E-state index contributed by atoms with van der Waals surface area (Å²) < 4.78 is 5.12. The third-order valence-electron chi connectivity index (χ3n) is 3.11. The minimum Gasteiger partial charge on any atom is -0.508 e. The zero-order valence-corrected chi connectivity index (χ0v) is 12.2. The summed E-state index contributed by atoms with van der Waals surface area (Å²) in [4.78, 5) is 12.2. The van der Waals surface area contributed by atoms with Gasteiger partial charge in [-0.25, -0.2) is 4.79 Å². The molecule has 0 bridgehead atoms. The van der Waals surface area contributed by atoms with Gasteiger partial charge >= 0.3 is 5.97 Å². The van der Waals surface area contributed by atoms with Crippen molar-refractivity contribution >= 4 is 11.7 Å². The van der Waals surface area contributed by atoms with Crippen molar-refractivity contribution in [3.63, 3.8) is 0 Å². The molecule has 0 aliphatic carbocycles. The second-order valence-corrected chi connectivity index (χ2v) is 4.79. The van der Waals surface area contributed by atoms with Gasteiger partial charge in [-0.15, -0.1) is 0 Å². The van der Waals surface area contributed by atoms with Gasteiger partial charge in [-0.3, -0.25) is 0 Å². The summed E-state index contributed by atoms with van der Waals surface area (Å²) in [5.74, 6) is -0.180. The fraction of sp³-hybridized carbons (Fsp3) is 0.235. The first-order chi connectivity index (χ1) is 10.1. The summed E-state index contributed by atoms with van der Waals surface area (Å²) in [5, 5.41) is 12.5. The fourth-order valence-corrected chi connectivity index (χ4v) is 1.99. The Kier molecular flexibility index (Phi) is 4.82. The van der Waals surface area contributed by atoms with Gasteiger partial charge in [-0.2, -0.15) is 0 Å². The van der Waals surface area contributed by atoms with Crippen molar-refractivity contribution in [3.8, 4) is 5.75 Å². The number of nitrogens with one attached hydrogen (secondary N) is 1. The summed E-state index contributed by atoms with van der Waals surface area (Å²) in [7, 11) is 0. The van der Waals surface area contributed by atoms with Crippen LogP contribution in [0.25, 0.3) is 0 Å². The van der Waals surface area contributed by atoms with Crippen LogP contribution in [0.15, 0.2) is 48.5 Å². The van der Waals surface area contributed by atoms with Crippen molar-refractivity contribution in [2.75, 3.05) is 11.9 Å². The van der Waals surface area contributed by atoms with Gasteiger partial charge in [0.2, 0.25) is 0 Å². The van der Waals surface area contributed by atoms with Crippen LogP contribution in [0.3, 0.4) is 0 Å². The molecule has 1 unspecified atom stereocenters. The van der Waals surface area contributed by atoms with E-state index in [9.17, 15) is 9.90 Å². The summed E-state index contributed by atoms with van der Waals surface area (Å²) in [6, 6.07) is 13.7. The van der Waals surface area contributed by atoms with Crippen LogP contribution < -0.4 is 5.32 Å². The van der Waals surface area contributed by atoms with E-state index in [1.54, 1.807) is 31.2 Å². The highest BCUT2D eigenvalue weighted by atomic mass is 16.5. The number of rotatable bonds is 5. The molecule has 4 nitrogen and oxygen atoms in total. The molecule has 0 radical (unpaired) electrons. The van der Waals surface area contributed by atoms with E-state index in [0.717, 1.165) is 16.8 Å². The predicted octanol–water partition coefficient (Wildman–Crippen LogP) is 3.42. The Bertz CT molecular complexity index is 590. The standard InChI is InChI=1S/C17H19NO3/c1-3-21-17(20)16(13-6-10-15(19)11-7-13)18-14-8-4-12(2)5-9-14/h4-11,16,18-19H,3H2,1-2H3. The maximum Gasteiger partial charge on any atom is 0.333 e. The number of aryl methyl sites for hydroxylation is 1. The molecule has 0 spiro atoms. The minimum atomic E-state index is -0.603. The minimum absolute atomic E-state index is 0.164. The van der Waals surface area contributed by atoms with E-state index in [4.69, 9.17) is 4.74 Å². The Hall–Kier alpha value is -2.49. The van der Waals surface area contributed by atoms with E-state index in [1.807, 2.05) is 31.2 Å². The number of aromatic hydroxyl groups is 1. The first-order valence-electron chi connectivity index (χ1n) is 6.89. The Morgan fingerprint density at radius 1 is 1.14 bits per heavy atom. The molecule has 0 aliphatic rings. The lowest BCUT2D eigenvalue weighted by Crippen LogP contribution is -2.23. The zero-order chi connectivity index (χ0) is 15.2. The van der Waals surface area contributed by atoms with Gasteiger partial charge in [0.15, 0.2) is 6.04 Å². The van der Waals surface area contributed by atoms with Crippen LogP contribution in [0, 0.1) is 6.92 Å². The van der Waals surface area contributed by atoms with Crippen LogP contribution in [-0.2, 0) is 9.53 Å². The molecule has 2 aromatic rings. The van der Waals surface area contributed by atoms with Crippen LogP contribution in [0.2, 0.25) is 0 Å². The van der Waals surface area contributed by atoms with Crippen LogP contribution in [0.4, 0.5) is 5.69 Å². The lowest BCUT2D eigenvalue weighted by Gasteiger charge is -2.19. The molecule has 2 aromatic carbocycles. The number of anilines is 1. The molecular weight excluding hydrogens is 266 g/mol. The van der Waals surface area contributed by atoms with E-state index in [0.29, 0.717) is 6.61 Å². The van der Waals surface area contributed by atoms with Gasteiger partial charge in [-0.05, 0) is 43.7 Å². The molecule has 2 rings (SSSR count). The number of carbonyl (C=O) groups excluding carboxylic acids is 1. The Morgan fingerprint density at radius 2 is 1.76 bits per heavy atom. The maximum atomic E-state index is 12.2. The van der Waals surface area contributed by atoms with Crippen LogP contribution >= 0.6 is 0 Å². The number of hydrogen-bond donors (Lipinski definition) is 2. The molecule has 0 amide bonds. The number of hydrogen-bond acceptors (Lipinski definition) is 4. The number of phenols is 1. The Balaban J connectivity index is 2.25. The van der Waals surface area contributed by atoms with Crippen molar-refractivity contribution < 1.29 is 14.6 Å². The monoisotopic (exact) mass is 285 g/mol. The quantitative estimate of drug-likeness (QED) is 0.826. The lowest BCUT2D eigenvalue weighted by molar-refractivity contribution is -0.144. The van der Waals surface area contributed by atoms with Crippen molar-refractivity contribution in [3.05, 3.63) is 59.7 Å². The van der Waals surface area contributed by atoms with Gasteiger partial charge in [0.05, 0.1) is 6.61 Å². The molecule has 0 fully saturated rings. The number of ether oxygens (including phenoxy) is 1. The predicted molar refractivity (Wildman–Crippen MR) is 82.3 cm³/mol. The SMILES string of the molecule is CCOC(=O)C(Nc1ccc(C)cc1)c1ccc(O)cc1. The van der Waals surface area contributed by atoms with Crippen molar-refractivity contribution in [1.82, 2.24) is 0 Å². The number of carbonyl (C=O) groups is 1. The maximum absolute atomic E-state index is 12.2. The van der Waals surface area contributed by atoms with E-state index in [1.165, 1.54) is 0 Å². The Labute approximate surface area is 124 Å². The second kappa shape index (κ2) is 6.79. The second-order valence-electron chi connectivity index (χ2n) is 4.79. The number of benzene rings is 2. The van der Waals surface area contributed by atoms with Crippen LogP contribution in [0.5, 0.6) is 5.75 Å². The summed E-state index contributed by atoms with van der Waals surface area (Å²) in [6.07, 6.45) is 0. The highest BCUT2D eigenvalue weighted by Gasteiger charge is 2.21. The van der Waals surface area contributed by atoms with E-state index in [2.05, 4.69) is 5.32 Å². The molecule has 1 atom stereocenters. The van der Waals surface area contributed by atoms with Crippen molar-refractivity contribution in [2.45, 2.75) is 19.9 Å². The van der Waals surface area contributed by atoms with Gasteiger partial charge in [-0.1, -0.05) is 29.8 Å². The summed E-state index contributed by atoms with van der Waals surface area (Å²) >= 11 is 0. The molecule has 0 heterocycles. The molecule has 0 saturated carbocycles. The third kappa shape index (κ3) is 3.99. The lowest BCUT2D eigenvalue weighted by atomic mass is 10.1. The van der Waals surface area contributed by atoms with Gasteiger partial charge in [0.25, 0.3) is 0 Å². The normalized spacial score (nSPS) is 11.7. The molecule has 21 heavy (non-hydrogen) atoms. The molecule has 4 heteroatoms. The number of esters is 1. The summed E-state index contributed by atoms with van der Waals surface area (Å²) in [5.41, 5.74) is 2.73. The molecule has 0 aliphatic heterocycles. The molecule has 110 valence electrons. The van der Waals surface area contributed by atoms with E-state index >= 15 is 0 Å². The average Bonchev–Trinajstić information content (AvgIpc) is 2.48. The van der Waals surface area contributed by atoms with Crippen LogP contribution in [-0.4, -0.2) is 17.7 Å². The smallest absolute Gasteiger partial charge is 0.333 e. The van der Waals surface area contributed by atoms with Crippen LogP contribution in [0.1, 0.15) is 24.1 Å². The number of phenolic OH excluding ortho intramolecular Hbond substituents is 1. The highest BCUT2D eigenvalue weighted by Crippen LogP contribution is 2.23. The van der Waals surface area contributed by atoms with Gasteiger partial charge in [0.1, 0.15) is 5.75 Å².